The van der Waals surface area contributed by atoms with E-state index in [1.807, 2.05) is 13.0 Å². The molecular formula is C10H18O. The van der Waals surface area contributed by atoms with Gasteiger partial charge in [0.25, 0.3) is 0 Å². The monoisotopic (exact) mass is 154 g/mol. The summed E-state index contributed by atoms with van der Waals surface area (Å²) in [6.07, 6.45) is 5.27. The molecule has 0 heterocycles. The zero-order valence-corrected chi connectivity index (χ0v) is 7.98. The van der Waals surface area contributed by atoms with Crippen LogP contribution >= 0.6 is 0 Å². The molecule has 0 spiro atoms. The van der Waals surface area contributed by atoms with E-state index in [0.717, 1.165) is 6.42 Å². The molecule has 1 heteroatoms. The smallest absolute Gasteiger partial charge is 0.155 e. The summed E-state index contributed by atoms with van der Waals surface area (Å²) in [5.74, 6) is 0.238. The molecule has 0 aliphatic heterocycles. The van der Waals surface area contributed by atoms with Crippen molar-refractivity contribution in [2.45, 2.75) is 40.5 Å². The van der Waals surface area contributed by atoms with E-state index in [2.05, 4.69) is 20.8 Å². The third kappa shape index (κ3) is 7.31. The van der Waals surface area contributed by atoms with Crippen molar-refractivity contribution in [3.05, 3.63) is 12.2 Å². The maximum atomic E-state index is 11.0. The predicted octanol–water partition coefficient (Wildman–Crippen LogP) is 2.96. The lowest BCUT2D eigenvalue weighted by atomic mass is 9.95. The van der Waals surface area contributed by atoms with Crippen LogP contribution in [0.1, 0.15) is 40.5 Å². The Hall–Kier alpha value is -0.590. The van der Waals surface area contributed by atoms with Gasteiger partial charge in [-0.2, -0.15) is 0 Å². The summed E-state index contributed by atoms with van der Waals surface area (Å²) in [5, 5.41) is 0. The second-order valence-electron chi connectivity index (χ2n) is 3.92. The van der Waals surface area contributed by atoms with Crippen LogP contribution in [0.5, 0.6) is 0 Å². The lowest BCUT2D eigenvalue weighted by molar-refractivity contribution is -0.114. The Balaban J connectivity index is 3.83. The molecule has 0 fully saturated rings. The van der Waals surface area contributed by atoms with Crippen molar-refractivity contribution in [3.63, 3.8) is 0 Å². The van der Waals surface area contributed by atoms with Crippen molar-refractivity contribution in [3.8, 4) is 0 Å². The molecule has 0 saturated heterocycles. The van der Waals surface area contributed by atoms with Gasteiger partial charge in [-0.25, -0.2) is 0 Å². The number of hydrogen-bond acceptors (Lipinski definition) is 1. The number of carbonyl (C=O) groups is 1. The zero-order chi connectivity index (χ0) is 8.91. The molecule has 0 aromatic carbocycles. The molecule has 0 atom stereocenters. The fraction of sp³-hybridized carbons (Fsp3) is 0.700. The highest BCUT2D eigenvalue weighted by molar-refractivity contribution is 5.89. The van der Waals surface area contributed by atoms with E-state index in [1.165, 1.54) is 0 Å². The van der Waals surface area contributed by atoms with Crippen LogP contribution in [0.2, 0.25) is 0 Å². The highest BCUT2D eigenvalue weighted by atomic mass is 16.1. The average Bonchev–Trinajstić information content (AvgIpc) is 1.83. The van der Waals surface area contributed by atoms with Crippen LogP contribution in [0.15, 0.2) is 12.2 Å². The second kappa shape index (κ2) is 4.32. The fourth-order valence-corrected chi connectivity index (χ4v) is 0.673. The lowest BCUT2D eigenvalue weighted by Crippen LogP contribution is -2.01. The molecule has 0 radical (unpaired) electrons. The Bertz CT molecular complexity index is 149. The minimum atomic E-state index is 0.128. The Morgan fingerprint density at radius 2 is 1.91 bits per heavy atom. The van der Waals surface area contributed by atoms with Crippen LogP contribution in [0.4, 0.5) is 0 Å². The second-order valence-corrected chi connectivity index (χ2v) is 3.92. The third-order valence-corrected chi connectivity index (χ3v) is 1.27. The standard InChI is InChI=1S/C10H18O/c1-5-6-9(11)7-8-10(2,3)4/h7-8H,5-6H2,1-4H3/b8-7-. The van der Waals surface area contributed by atoms with Gasteiger partial charge in [-0.15, -0.1) is 0 Å². The maximum Gasteiger partial charge on any atom is 0.155 e. The van der Waals surface area contributed by atoms with Gasteiger partial charge in [0.15, 0.2) is 5.78 Å². The first kappa shape index (κ1) is 10.4. The fourth-order valence-electron chi connectivity index (χ4n) is 0.673. The SMILES string of the molecule is CCCC(=O)/C=C\C(C)(C)C. The van der Waals surface area contributed by atoms with E-state index in [1.54, 1.807) is 6.08 Å². The summed E-state index contributed by atoms with van der Waals surface area (Å²) in [4.78, 5) is 11.0. The van der Waals surface area contributed by atoms with Gasteiger partial charge < -0.3 is 0 Å². The molecular weight excluding hydrogens is 136 g/mol. The number of hydrogen-bond donors (Lipinski definition) is 0. The summed E-state index contributed by atoms with van der Waals surface area (Å²) >= 11 is 0. The summed E-state index contributed by atoms with van der Waals surface area (Å²) in [6, 6.07) is 0. The van der Waals surface area contributed by atoms with Crippen LogP contribution in [0.3, 0.4) is 0 Å². The molecule has 0 aromatic rings. The quantitative estimate of drug-likeness (QED) is 0.571. The van der Waals surface area contributed by atoms with E-state index in [0.29, 0.717) is 6.42 Å². The van der Waals surface area contributed by atoms with Crippen LogP contribution in [-0.2, 0) is 4.79 Å². The largest absolute Gasteiger partial charge is 0.295 e. The molecule has 0 N–H and O–H groups in total. The Morgan fingerprint density at radius 1 is 1.36 bits per heavy atom. The van der Waals surface area contributed by atoms with Gasteiger partial charge >= 0.3 is 0 Å². The van der Waals surface area contributed by atoms with Gasteiger partial charge in [-0.1, -0.05) is 33.8 Å². The molecule has 0 rings (SSSR count). The molecule has 11 heavy (non-hydrogen) atoms. The lowest BCUT2D eigenvalue weighted by Gasteiger charge is -2.10. The van der Waals surface area contributed by atoms with Crippen molar-refractivity contribution >= 4 is 5.78 Å². The van der Waals surface area contributed by atoms with Crippen LogP contribution < -0.4 is 0 Å². The summed E-state index contributed by atoms with van der Waals surface area (Å²) in [5.41, 5.74) is 0.128. The number of allylic oxidation sites excluding steroid dienone is 2. The first-order valence-electron chi connectivity index (χ1n) is 4.18. The van der Waals surface area contributed by atoms with Crippen molar-refractivity contribution in [2.24, 2.45) is 5.41 Å². The predicted molar refractivity (Wildman–Crippen MR) is 48.5 cm³/mol. The average molecular weight is 154 g/mol. The zero-order valence-electron chi connectivity index (χ0n) is 7.98. The van der Waals surface area contributed by atoms with Crippen LogP contribution in [0, 0.1) is 5.41 Å². The van der Waals surface area contributed by atoms with E-state index >= 15 is 0 Å². The molecule has 0 unspecified atom stereocenters. The van der Waals surface area contributed by atoms with Gasteiger partial charge in [0.1, 0.15) is 0 Å². The highest BCUT2D eigenvalue weighted by Gasteiger charge is 2.04. The van der Waals surface area contributed by atoms with Crippen LogP contribution in [0.25, 0.3) is 0 Å². The first-order valence-corrected chi connectivity index (χ1v) is 4.18. The molecule has 1 nitrogen and oxygen atoms in total. The van der Waals surface area contributed by atoms with Crippen molar-refractivity contribution < 1.29 is 4.79 Å². The van der Waals surface area contributed by atoms with E-state index < -0.39 is 0 Å². The summed E-state index contributed by atoms with van der Waals surface area (Å²) in [7, 11) is 0. The van der Waals surface area contributed by atoms with Crippen molar-refractivity contribution in [1.82, 2.24) is 0 Å². The Labute approximate surface area is 69.5 Å². The topological polar surface area (TPSA) is 17.1 Å². The maximum absolute atomic E-state index is 11.0. The van der Waals surface area contributed by atoms with Gasteiger partial charge in [-0.05, 0) is 17.9 Å². The molecule has 0 aliphatic rings. The Kier molecular flexibility index (Phi) is 4.09. The molecule has 0 amide bonds. The molecule has 0 bridgehead atoms. The van der Waals surface area contributed by atoms with E-state index in [-0.39, 0.29) is 11.2 Å². The molecule has 0 aliphatic carbocycles. The van der Waals surface area contributed by atoms with Crippen molar-refractivity contribution in [1.29, 1.82) is 0 Å². The molecule has 0 aromatic heterocycles. The Morgan fingerprint density at radius 3 is 2.27 bits per heavy atom. The number of ketones is 1. The minimum Gasteiger partial charge on any atom is -0.295 e. The van der Waals surface area contributed by atoms with Gasteiger partial charge in [0.05, 0.1) is 0 Å². The van der Waals surface area contributed by atoms with Crippen molar-refractivity contribution in [2.75, 3.05) is 0 Å². The van der Waals surface area contributed by atoms with E-state index in [4.69, 9.17) is 0 Å². The third-order valence-electron chi connectivity index (χ3n) is 1.27. The first-order chi connectivity index (χ1) is 4.95. The van der Waals surface area contributed by atoms with Gasteiger partial charge in [-0.3, -0.25) is 4.79 Å². The summed E-state index contributed by atoms with van der Waals surface area (Å²) in [6.45, 7) is 8.27. The minimum absolute atomic E-state index is 0.128. The molecule has 64 valence electrons. The van der Waals surface area contributed by atoms with E-state index in [9.17, 15) is 4.79 Å². The van der Waals surface area contributed by atoms with Crippen LogP contribution in [-0.4, -0.2) is 5.78 Å². The van der Waals surface area contributed by atoms with Gasteiger partial charge in [0, 0.05) is 6.42 Å². The van der Waals surface area contributed by atoms with Gasteiger partial charge in [0.2, 0.25) is 0 Å². The molecule has 0 saturated carbocycles. The summed E-state index contributed by atoms with van der Waals surface area (Å²) < 4.78 is 0. The number of rotatable bonds is 3. The number of carbonyl (C=O) groups excluding carboxylic acids is 1. The normalized spacial score (nSPS) is 12.4. The highest BCUT2D eigenvalue weighted by Crippen LogP contribution is 2.14.